The summed E-state index contributed by atoms with van der Waals surface area (Å²) in [5.74, 6) is -0.196. The van der Waals surface area contributed by atoms with Gasteiger partial charge in [0.15, 0.2) is 0 Å². The lowest BCUT2D eigenvalue weighted by Crippen LogP contribution is -2.23. The van der Waals surface area contributed by atoms with E-state index in [0.717, 1.165) is 31.3 Å². The van der Waals surface area contributed by atoms with Crippen molar-refractivity contribution >= 4 is 17.7 Å². The first kappa shape index (κ1) is 19.4. The average Bonchev–Trinajstić information content (AvgIpc) is 3.05. The Kier molecular flexibility index (Phi) is 8.78. The van der Waals surface area contributed by atoms with Gasteiger partial charge < -0.3 is 10.3 Å². The average molecular weight is 352 g/mol. The zero-order chi connectivity index (χ0) is 17.2. The second kappa shape index (κ2) is 10.9. The summed E-state index contributed by atoms with van der Waals surface area (Å²) in [6.45, 7) is 3.27. The maximum absolute atomic E-state index is 13.4. The van der Waals surface area contributed by atoms with Crippen molar-refractivity contribution in [2.24, 2.45) is 0 Å². The van der Waals surface area contributed by atoms with Gasteiger partial charge in [0, 0.05) is 23.9 Å². The Morgan fingerprint density at radius 3 is 2.50 bits per heavy atom. The van der Waals surface area contributed by atoms with Gasteiger partial charge in [0.2, 0.25) is 0 Å². The summed E-state index contributed by atoms with van der Waals surface area (Å²) in [5, 5.41) is 8.83. The monoisotopic (exact) mass is 351 g/mol. The van der Waals surface area contributed by atoms with E-state index in [0.29, 0.717) is 17.7 Å². The second-order valence-electron chi connectivity index (χ2n) is 6.55. The van der Waals surface area contributed by atoms with E-state index >= 15 is 0 Å². The molecule has 2 N–H and O–H groups in total. The van der Waals surface area contributed by atoms with E-state index in [4.69, 9.17) is 5.41 Å². The zero-order valence-electron chi connectivity index (χ0n) is 14.7. The standard InChI is InChI=1S/C14H19FN2.C5H11NS/c15-14-6-2-1-5-12(14)11-13(16)7-10-17-8-3-4-9-17;1-6-7-5-3-2-4-5/h1-2,5-6,16H,3-4,7-11H2;5-6H,2-4H2,1H3. The van der Waals surface area contributed by atoms with Crippen LogP contribution in [0.2, 0.25) is 0 Å². The van der Waals surface area contributed by atoms with Crippen LogP contribution in [0.25, 0.3) is 0 Å². The molecule has 2 fully saturated rings. The number of nitrogens with zero attached hydrogens (tertiary/aromatic N) is 1. The van der Waals surface area contributed by atoms with Crippen molar-refractivity contribution in [3.8, 4) is 0 Å². The molecule has 3 rings (SSSR count). The second-order valence-corrected chi connectivity index (χ2v) is 7.86. The molecule has 0 unspecified atom stereocenters. The van der Waals surface area contributed by atoms with E-state index < -0.39 is 0 Å². The molecular weight excluding hydrogens is 321 g/mol. The fourth-order valence-corrected chi connectivity index (χ4v) is 3.82. The normalized spacial score (nSPS) is 17.9. The van der Waals surface area contributed by atoms with Gasteiger partial charge in [0.1, 0.15) is 5.82 Å². The van der Waals surface area contributed by atoms with Crippen molar-refractivity contribution < 1.29 is 4.39 Å². The van der Waals surface area contributed by atoms with Gasteiger partial charge in [0.25, 0.3) is 0 Å². The highest BCUT2D eigenvalue weighted by molar-refractivity contribution is 7.98. The van der Waals surface area contributed by atoms with Crippen molar-refractivity contribution in [3.63, 3.8) is 0 Å². The molecule has 1 saturated carbocycles. The highest BCUT2D eigenvalue weighted by atomic mass is 32.2. The molecule has 1 aliphatic carbocycles. The number of likely N-dealkylation sites (tertiary alicyclic amines) is 1. The van der Waals surface area contributed by atoms with Crippen molar-refractivity contribution in [1.29, 1.82) is 5.41 Å². The summed E-state index contributed by atoms with van der Waals surface area (Å²) < 4.78 is 16.5. The van der Waals surface area contributed by atoms with E-state index in [9.17, 15) is 4.39 Å². The molecule has 0 spiro atoms. The molecule has 134 valence electrons. The third-order valence-corrected chi connectivity index (χ3v) is 5.67. The number of benzene rings is 1. The molecule has 0 bridgehead atoms. The quantitative estimate of drug-likeness (QED) is 0.569. The van der Waals surface area contributed by atoms with E-state index in [-0.39, 0.29) is 5.82 Å². The van der Waals surface area contributed by atoms with E-state index in [1.165, 1.54) is 38.2 Å². The van der Waals surface area contributed by atoms with Gasteiger partial charge in [0.05, 0.1) is 0 Å². The largest absolute Gasteiger partial charge is 0.309 e. The van der Waals surface area contributed by atoms with Crippen LogP contribution in [-0.4, -0.2) is 42.5 Å². The number of rotatable bonds is 7. The summed E-state index contributed by atoms with van der Waals surface area (Å²) >= 11 is 1.87. The number of nitrogens with one attached hydrogen (secondary N) is 2. The molecular formula is C19H30FN3S. The molecule has 5 heteroatoms. The smallest absolute Gasteiger partial charge is 0.126 e. The summed E-state index contributed by atoms with van der Waals surface area (Å²) in [4.78, 5) is 2.38. The fraction of sp³-hybridized carbons (Fsp3) is 0.632. The van der Waals surface area contributed by atoms with Crippen LogP contribution in [0.1, 0.15) is 44.1 Å². The molecule has 24 heavy (non-hydrogen) atoms. The third-order valence-electron chi connectivity index (χ3n) is 4.63. The van der Waals surface area contributed by atoms with Crippen LogP contribution in [0.5, 0.6) is 0 Å². The summed E-state index contributed by atoms with van der Waals surface area (Å²) in [6, 6.07) is 6.74. The summed E-state index contributed by atoms with van der Waals surface area (Å²) in [5.41, 5.74) is 1.26. The lowest BCUT2D eigenvalue weighted by Gasteiger charge is -2.23. The van der Waals surface area contributed by atoms with Crippen molar-refractivity contribution in [2.45, 2.75) is 50.2 Å². The van der Waals surface area contributed by atoms with Crippen molar-refractivity contribution in [3.05, 3.63) is 35.6 Å². The number of hydrogen-bond donors (Lipinski definition) is 2. The Hall–Kier alpha value is -0.910. The zero-order valence-corrected chi connectivity index (χ0v) is 15.5. The first-order valence-corrected chi connectivity index (χ1v) is 9.91. The van der Waals surface area contributed by atoms with Gasteiger partial charge in [-0.3, -0.25) is 4.72 Å². The molecule has 0 amide bonds. The molecule has 1 aliphatic heterocycles. The van der Waals surface area contributed by atoms with Crippen molar-refractivity contribution in [2.75, 3.05) is 26.7 Å². The molecule has 1 heterocycles. The van der Waals surface area contributed by atoms with Gasteiger partial charge >= 0.3 is 0 Å². The summed E-state index contributed by atoms with van der Waals surface area (Å²) in [6.07, 6.45) is 8.05. The van der Waals surface area contributed by atoms with Gasteiger partial charge in [-0.25, -0.2) is 4.39 Å². The van der Waals surface area contributed by atoms with Crippen LogP contribution in [0.3, 0.4) is 0 Å². The Morgan fingerprint density at radius 2 is 1.96 bits per heavy atom. The predicted molar refractivity (Wildman–Crippen MR) is 102 cm³/mol. The van der Waals surface area contributed by atoms with Crippen LogP contribution >= 0.6 is 11.9 Å². The van der Waals surface area contributed by atoms with Crippen LogP contribution in [-0.2, 0) is 6.42 Å². The SMILES string of the molecule is CNSC1CCC1.N=C(CCN1CCCC1)Cc1ccccc1F. The van der Waals surface area contributed by atoms with Crippen LogP contribution in [0.15, 0.2) is 24.3 Å². The van der Waals surface area contributed by atoms with E-state index in [1.807, 2.05) is 25.1 Å². The lowest BCUT2D eigenvalue weighted by atomic mass is 10.0. The molecule has 0 aromatic heterocycles. The molecule has 1 aromatic carbocycles. The van der Waals surface area contributed by atoms with E-state index in [2.05, 4.69) is 9.62 Å². The Balaban J connectivity index is 0.000000249. The Morgan fingerprint density at radius 1 is 1.25 bits per heavy atom. The molecule has 3 nitrogen and oxygen atoms in total. The summed E-state index contributed by atoms with van der Waals surface area (Å²) in [7, 11) is 1.99. The van der Waals surface area contributed by atoms with E-state index in [1.54, 1.807) is 12.1 Å². The predicted octanol–water partition coefficient (Wildman–Crippen LogP) is 4.28. The fourth-order valence-electron chi connectivity index (χ4n) is 2.91. The maximum Gasteiger partial charge on any atom is 0.126 e. The number of halogens is 1. The molecule has 2 aliphatic rings. The lowest BCUT2D eigenvalue weighted by molar-refractivity contribution is 0.349. The third kappa shape index (κ3) is 6.91. The highest BCUT2D eigenvalue weighted by Gasteiger charge is 2.16. The van der Waals surface area contributed by atoms with Crippen LogP contribution in [0, 0.1) is 11.2 Å². The van der Waals surface area contributed by atoms with Crippen molar-refractivity contribution in [1.82, 2.24) is 9.62 Å². The van der Waals surface area contributed by atoms with Crippen LogP contribution < -0.4 is 4.72 Å². The maximum atomic E-state index is 13.4. The van der Waals surface area contributed by atoms with Gasteiger partial charge in [-0.15, -0.1) is 0 Å². The van der Waals surface area contributed by atoms with Gasteiger partial charge in [-0.1, -0.05) is 36.6 Å². The minimum absolute atomic E-state index is 0.196. The highest BCUT2D eigenvalue weighted by Crippen LogP contribution is 2.28. The molecule has 0 atom stereocenters. The van der Waals surface area contributed by atoms with Gasteiger partial charge in [-0.2, -0.15) is 0 Å². The molecule has 0 radical (unpaired) electrons. The minimum atomic E-state index is -0.196. The number of hydrogen-bond acceptors (Lipinski definition) is 4. The Bertz CT molecular complexity index is 499. The topological polar surface area (TPSA) is 39.1 Å². The van der Waals surface area contributed by atoms with Gasteiger partial charge in [-0.05, 0) is 63.9 Å². The molecule has 1 saturated heterocycles. The first-order chi connectivity index (χ1) is 11.7. The first-order valence-electron chi connectivity index (χ1n) is 9.03. The minimum Gasteiger partial charge on any atom is -0.309 e. The Labute approximate surface area is 150 Å². The van der Waals surface area contributed by atoms with Crippen LogP contribution in [0.4, 0.5) is 4.39 Å². The molecule has 1 aromatic rings.